The number of benzene rings is 1. The van der Waals surface area contributed by atoms with E-state index in [1.54, 1.807) is 13.8 Å². The molecule has 1 aliphatic heterocycles. The Morgan fingerprint density at radius 1 is 1.28 bits per heavy atom. The summed E-state index contributed by atoms with van der Waals surface area (Å²) in [4.78, 5) is 24.6. The molecule has 25 heavy (non-hydrogen) atoms. The lowest BCUT2D eigenvalue weighted by Gasteiger charge is -2.27. The summed E-state index contributed by atoms with van der Waals surface area (Å²) in [6.45, 7) is 3.70. The molecule has 3 unspecified atom stereocenters. The number of nitrogens with one attached hydrogen (secondary N) is 1. The maximum absolute atomic E-state index is 13.1. The number of likely N-dealkylation sites (tertiary alicyclic amines) is 1. The van der Waals surface area contributed by atoms with Gasteiger partial charge < -0.3 is 15.3 Å². The SMILES string of the molecule is CC(NC(=O)N1CCC(C(=O)O)C1)C(C)c1ccccc1C(F)(F)F. The number of aliphatic carboxylic acids is 1. The molecule has 1 heterocycles. The molecule has 1 saturated heterocycles. The van der Waals surface area contributed by atoms with Crippen LogP contribution in [0.25, 0.3) is 0 Å². The number of hydrogen-bond donors (Lipinski definition) is 2. The number of halogens is 3. The molecule has 2 N–H and O–H groups in total. The van der Waals surface area contributed by atoms with Gasteiger partial charge in [0.2, 0.25) is 0 Å². The Labute approximate surface area is 143 Å². The number of carboxylic acids is 1. The van der Waals surface area contributed by atoms with Crippen LogP contribution in [0.3, 0.4) is 0 Å². The first kappa shape index (κ1) is 19.1. The van der Waals surface area contributed by atoms with Gasteiger partial charge in [-0.1, -0.05) is 25.1 Å². The molecule has 1 fully saturated rings. The minimum atomic E-state index is -4.46. The molecule has 138 valence electrons. The van der Waals surface area contributed by atoms with Crippen molar-refractivity contribution in [2.75, 3.05) is 13.1 Å². The van der Waals surface area contributed by atoms with E-state index in [0.29, 0.717) is 13.0 Å². The highest BCUT2D eigenvalue weighted by Crippen LogP contribution is 2.36. The summed E-state index contributed by atoms with van der Waals surface area (Å²) in [5, 5.41) is 11.7. The molecule has 0 bridgehead atoms. The van der Waals surface area contributed by atoms with Crippen LogP contribution in [-0.4, -0.2) is 41.1 Å². The maximum Gasteiger partial charge on any atom is 0.416 e. The molecule has 0 spiro atoms. The summed E-state index contributed by atoms with van der Waals surface area (Å²) < 4.78 is 39.4. The van der Waals surface area contributed by atoms with Crippen molar-refractivity contribution in [3.05, 3.63) is 35.4 Å². The topological polar surface area (TPSA) is 69.6 Å². The number of carbonyl (C=O) groups is 2. The molecular formula is C17H21F3N2O3. The van der Waals surface area contributed by atoms with Gasteiger partial charge in [-0.3, -0.25) is 4.79 Å². The molecule has 0 aromatic heterocycles. The Bertz CT molecular complexity index is 648. The zero-order valence-corrected chi connectivity index (χ0v) is 14.0. The van der Waals surface area contributed by atoms with E-state index in [9.17, 15) is 22.8 Å². The van der Waals surface area contributed by atoms with Gasteiger partial charge in [0.1, 0.15) is 0 Å². The van der Waals surface area contributed by atoms with E-state index in [0.717, 1.165) is 6.07 Å². The second-order valence-corrected chi connectivity index (χ2v) is 6.38. The van der Waals surface area contributed by atoms with E-state index in [4.69, 9.17) is 5.11 Å². The van der Waals surface area contributed by atoms with Crippen LogP contribution in [0.15, 0.2) is 24.3 Å². The highest BCUT2D eigenvalue weighted by molar-refractivity contribution is 5.77. The summed E-state index contributed by atoms with van der Waals surface area (Å²) in [5.41, 5.74) is -0.594. The van der Waals surface area contributed by atoms with Crippen LogP contribution in [0.5, 0.6) is 0 Å². The van der Waals surface area contributed by atoms with E-state index in [1.807, 2.05) is 0 Å². The summed E-state index contributed by atoms with van der Waals surface area (Å²) in [6.07, 6.45) is -4.08. The number of carbonyl (C=O) groups excluding carboxylic acids is 1. The predicted molar refractivity (Wildman–Crippen MR) is 85.2 cm³/mol. The predicted octanol–water partition coefficient (Wildman–Crippen LogP) is 3.31. The first-order valence-electron chi connectivity index (χ1n) is 8.05. The number of amides is 2. The van der Waals surface area contributed by atoms with Gasteiger partial charge in [0.25, 0.3) is 0 Å². The highest BCUT2D eigenvalue weighted by atomic mass is 19.4. The van der Waals surface area contributed by atoms with Crippen molar-refractivity contribution in [1.82, 2.24) is 10.2 Å². The Kier molecular flexibility index (Phi) is 5.59. The van der Waals surface area contributed by atoms with Crippen molar-refractivity contribution in [3.8, 4) is 0 Å². The number of rotatable bonds is 4. The second-order valence-electron chi connectivity index (χ2n) is 6.38. The third-order valence-electron chi connectivity index (χ3n) is 4.68. The third-order valence-corrected chi connectivity index (χ3v) is 4.68. The average molecular weight is 358 g/mol. The molecule has 2 rings (SSSR count). The van der Waals surface area contributed by atoms with Crippen LogP contribution in [0.2, 0.25) is 0 Å². The first-order chi connectivity index (χ1) is 11.6. The monoisotopic (exact) mass is 358 g/mol. The van der Waals surface area contributed by atoms with Gasteiger partial charge in [-0.2, -0.15) is 13.2 Å². The molecule has 1 aliphatic rings. The van der Waals surface area contributed by atoms with Crippen LogP contribution in [-0.2, 0) is 11.0 Å². The fourth-order valence-corrected chi connectivity index (χ4v) is 2.98. The Hall–Kier alpha value is -2.25. The van der Waals surface area contributed by atoms with Crippen LogP contribution < -0.4 is 5.32 Å². The molecule has 2 amide bonds. The van der Waals surface area contributed by atoms with Gasteiger partial charge in [0, 0.05) is 25.0 Å². The van der Waals surface area contributed by atoms with E-state index in [2.05, 4.69) is 5.32 Å². The van der Waals surface area contributed by atoms with Crippen LogP contribution in [0.4, 0.5) is 18.0 Å². The molecule has 8 heteroatoms. The van der Waals surface area contributed by atoms with Gasteiger partial charge in [-0.15, -0.1) is 0 Å². The number of nitrogens with zero attached hydrogens (tertiary/aromatic N) is 1. The smallest absolute Gasteiger partial charge is 0.416 e. The number of carboxylic acid groups (broad SMARTS) is 1. The lowest BCUT2D eigenvalue weighted by Crippen LogP contribution is -2.45. The van der Waals surface area contributed by atoms with Gasteiger partial charge >= 0.3 is 18.2 Å². The van der Waals surface area contributed by atoms with Gasteiger partial charge in [-0.25, -0.2) is 4.79 Å². The summed E-state index contributed by atoms with van der Waals surface area (Å²) in [5.74, 6) is -2.10. The maximum atomic E-state index is 13.1. The van der Waals surface area contributed by atoms with Crippen LogP contribution in [0, 0.1) is 5.92 Å². The highest BCUT2D eigenvalue weighted by Gasteiger charge is 2.36. The van der Waals surface area contributed by atoms with Crippen LogP contribution in [0.1, 0.15) is 37.3 Å². The standard InChI is InChI=1S/C17H21F3N2O3/c1-10(13-5-3-4-6-14(13)17(18,19)20)11(2)21-16(25)22-8-7-12(9-22)15(23)24/h3-6,10-12H,7-9H2,1-2H3,(H,21,25)(H,23,24). The first-order valence-corrected chi connectivity index (χ1v) is 8.05. The number of alkyl halides is 3. The largest absolute Gasteiger partial charge is 0.481 e. The molecule has 0 radical (unpaired) electrons. The summed E-state index contributed by atoms with van der Waals surface area (Å²) >= 11 is 0. The van der Waals surface area contributed by atoms with Crippen molar-refractivity contribution >= 4 is 12.0 Å². The molecular weight excluding hydrogens is 337 g/mol. The van der Waals surface area contributed by atoms with Crippen molar-refractivity contribution in [2.45, 2.75) is 38.4 Å². The lowest BCUT2D eigenvalue weighted by molar-refractivity contribution is -0.141. The zero-order valence-electron chi connectivity index (χ0n) is 14.0. The van der Waals surface area contributed by atoms with E-state index in [1.165, 1.54) is 23.1 Å². The fraction of sp³-hybridized carbons (Fsp3) is 0.529. The lowest BCUT2D eigenvalue weighted by atomic mass is 9.90. The molecule has 0 aliphatic carbocycles. The number of urea groups is 1. The average Bonchev–Trinajstić information content (AvgIpc) is 3.03. The van der Waals surface area contributed by atoms with Gasteiger partial charge in [-0.05, 0) is 25.0 Å². The van der Waals surface area contributed by atoms with E-state index in [-0.39, 0.29) is 12.1 Å². The van der Waals surface area contributed by atoms with Crippen LogP contribution >= 0.6 is 0 Å². The van der Waals surface area contributed by atoms with Gasteiger partial charge in [0.05, 0.1) is 11.5 Å². The van der Waals surface area contributed by atoms with Crippen molar-refractivity contribution < 1.29 is 27.9 Å². The third kappa shape index (κ3) is 4.43. The van der Waals surface area contributed by atoms with Crippen molar-refractivity contribution in [1.29, 1.82) is 0 Å². The zero-order chi connectivity index (χ0) is 18.8. The summed E-state index contributed by atoms with van der Waals surface area (Å²) in [6, 6.07) is 4.31. The number of hydrogen-bond acceptors (Lipinski definition) is 2. The summed E-state index contributed by atoms with van der Waals surface area (Å²) in [7, 11) is 0. The molecule has 3 atom stereocenters. The van der Waals surface area contributed by atoms with Crippen molar-refractivity contribution in [2.24, 2.45) is 5.92 Å². The second kappa shape index (κ2) is 7.33. The minimum absolute atomic E-state index is 0.113. The fourth-order valence-electron chi connectivity index (χ4n) is 2.98. The normalized spacial score (nSPS) is 20.2. The molecule has 0 saturated carbocycles. The Morgan fingerprint density at radius 2 is 1.92 bits per heavy atom. The Morgan fingerprint density at radius 3 is 2.48 bits per heavy atom. The van der Waals surface area contributed by atoms with E-state index < -0.39 is 41.6 Å². The minimum Gasteiger partial charge on any atom is -0.481 e. The van der Waals surface area contributed by atoms with Gasteiger partial charge in [0.15, 0.2) is 0 Å². The quantitative estimate of drug-likeness (QED) is 0.868. The Balaban J connectivity index is 2.05. The molecule has 5 nitrogen and oxygen atoms in total. The molecule has 1 aromatic rings. The molecule has 1 aromatic carbocycles. The van der Waals surface area contributed by atoms with Crippen molar-refractivity contribution in [3.63, 3.8) is 0 Å². The van der Waals surface area contributed by atoms with E-state index >= 15 is 0 Å².